The zero-order valence-electron chi connectivity index (χ0n) is 25.6. The number of hydrogen-bond acceptors (Lipinski definition) is 9. The Balaban J connectivity index is 1.27. The first-order valence-corrected chi connectivity index (χ1v) is 14.9. The number of piperazine rings is 1. The van der Waals surface area contributed by atoms with Gasteiger partial charge in [-0.05, 0) is 63.4 Å². The average Bonchev–Trinajstić information content (AvgIpc) is 3.35. The fourth-order valence-corrected chi connectivity index (χ4v) is 6.17. The van der Waals surface area contributed by atoms with E-state index in [2.05, 4.69) is 0 Å². The van der Waals surface area contributed by atoms with E-state index in [0.29, 0.717) is 55.3 Å². The molecule has 2 amide bonds. The van der Waals surface area contributed by atoms with E-state index in [-0.39, 0.29) is 36.3 Å². The Bertz CT molecular complexity index is 1770. The van der Waals surface area contributed by atoms with Gasteiger partial charge in [0, 0.05) is 42.7 Å². The van der Waals surface area contributed by atoms with Crippen LogP contribution in [0.15, 0.2) is 29.1 Å². The minimum Gasteiger partial charge on any atom is -0.458 e. The van der Waals surface area contributed by atoms with Gasteiger partial charge in [0.25, 0.3) is 5.56 Å². The Labute approximate surface area is 254 Å². The average molecular weight is 605 g/mol. The molecule has 3 aliphatic heterocycles. The predicted octanol–water partition coefficient (Wildman–Crippen LogP) is 3.69. The molecule has 1 fully saturated rings. The lowest BCUT2D eigenvalue weighted by Crippen LogP contribution is -2.52. The van der Waals surface area contributed by atoms with Crippen molar-refractivity contribution >= 4 is 29.1 Å². The molecule has 12 nitrogen and oxygen atoms in total. The van der Waals surface area contributed by atoms with Gasteiger partial charge in [-0.25, -0.2) is 19.4 Å². The van der Waals surface area contributed by atoms with Gasteiger partial charge in [0.05, 0.1) is 29.0 Å². The number of rotatable bonds is 3. The Morgan fingerprint density at radius 3 is 2.34 bits per heavy atom. The van der Waals surface area contributed by atoms with Gasteiger partial charge in [-0.3, -0.25) is 4.79 Å². The Morgan fingerprint density at radius 1 is 1.02 bits per heavy atom. The summed E-state index contributed by atoms with van der Waals surface area (Å²) < 4.78 is 18.0. The third-order valence-corrected chi connectivity index (χ3v) is 8.53. The number of cyclic esters (lactones) is 1. The fourth-order valence-electron chi connectivity index (χ4n) is 6.17. The van der Waals surface area contributed by atoms with E-state index < -0.39 is 29.4 Å². The molecule has 12 heteroatoms. The quantitative estimate of drug-likeness (QED) is 0.347. The summed E-state index contributed by atoms with van der Waals surface area (Å²) in [5.74, 6) is -0.400. The normalized spacial score (nSPS) is 19.3. The largest absolute Gasteiger partial charge is 0.458 e. The monoisotopic (exact) mass is 604 g/mol. The topological polar surface area (TPSA) is 140 Å². The first kappa shape index (κ1) is 29.6. The van der Waals surface area contributed by atoms with Crippen LogP contribution in [0.25, 0.3) is 22.3 Å². The van der Waals surface area contributed by atoms with E-state index in [1.807, 2.05) is 27.7 Å². The maximum atomic E-state index is 13.6. The molecule has 3 aromatic rings. The zero-order valence-corrected chi connectivity index (χ0v) is 25.6. The van der Waals surface area contributed by atoms with Crippen LogP contribution in [0.5, 0.6) is 5.75 Å². The van der Waals surface area contributed by atoms with Crippen molar-refractivity contribution in [2.45, 2.75) is 71.8 Å². The van der Waals surface area contributed by atoms with E-state index >= 15 is 0 Å². The van der Waals surface area contributed by atoms with Gasteiger partial charge in [0.2, 0.25) is 0 Å². The smallest absolute Gasteiger partial charge is 0.415 e. The Morgan fingerprint density at radius 2 is 1.70 bits per heavy atom. The van der Waals surface area contributed by atoms with Crippen LogP contribution in [0.3, 0.4) is 0 Å². The van der Waals surface area contributed by atoms with Crippen LogP contribution >= 0.6 is 0 Å². The molecular formula is C32H36N4O8. The third kappa shape index (κ3) is 4.86. The van der Waals surface area contributed by atoms with Crippen molar-refractivity contribution < 1.29 is 33.7 Å². The van der Waals surface area contributed by atoms with E-state index in [4.69, 9.17) is 19.2 Å². The number of carbonyl (C=O) groups excluding carboxylic acids is 3. The zero-order chi connectivity index (χ0) is 31.6. The number of aryl methyl sites for hydroxylation is 1. The molecule has 2 aromatic heterocycles. The SMILES string of the molecule is CCc1c2c(nc3ccc(OC(=O)N4CCN(C(=O)OC(C)(C)C)CC4)cc13)-c1cc3c(c(=O)n1C2)COC(=O)C3(O)CC. The highest BCUT2D eigenvalue weighted by Gasteiger charge is 2.45. The maximum absolute atomic E-state index is 13.6. The van der Waals surface area contributed by atoms with Gasteiger partial charge in [0.15, 0.2) is 5.60 Å². The molecule has 0 bridgehead atoms. The lowest BCUT2D eigenvalue weighted by molar-refractivity contribution is -0.172. The number of esters is 1. The van der Waals surface area contributed by atoms with Gasteiger partial charge in [-0.15, -0.1) is 0 Å². The summed E-state index contributed by atoms with van der Waals surface area (Å²) in [5.41, 5.74) is 1.41. The standard InChI is InChI=1S/C32H36N4O8/c1-6-19-20-14-18(43-29(39)34-10-12-35(13-11-34)30(40)44-31(3,4)5)8-9-24(20)33-26-21(19)16-36-25(26)15-23-22(27(36)37)17-42-28(38)32(23,41)7-2/h8-9,14-15,41H,6-7,10-13,16-17H2,1-5H3. The summed E-state index contributed by atoms with van der Waals surface area (Å²) in [6.07, 6.45) is -0.209. The Hall–Kier alpha value is -4.45. The number of amides is 2. The Kier molecular flexibility index (Phi) is 7.15. The summed E-state index contributed by atoms with van der Waals surface area (Å²) in [7, 11) is 0. The number of ether oxygens (including phenoxy) is 3. The molecule has 232 valence electrons. The number of carbonyl (C=O) groups is 3. The molecule has 0 spiro atoms. The van der Waals surface area contributed by atoms with Crippen molar-refractivity contribution in [3.8, 4) is 17.1 Å². The molecular weight excluding hydrogens is 568 g/mol. The van der Waals surface area contributed by atoms with Crippen LogP contribution in [0.2, 0.25) is 0 Å². The summed E-state index contributed by atoms with van der Waals surface area (Å²) in [4.78, 5) is 59.5. The minimum absolute atomic E-state index is 0.0703. The second-order valence-electron chi connectivity index (χ2n) is 12.4. The number of fused-ring (bicyclic) bond motifs is 5. The minimum atomic E-state index is -1.89. The van der Waals surface area contributed by atoms with Gasteiger partial charge in [-0.2, -0.15) is 0 Å². The van der Waals surface area contributed by atoms with Crippen molar-refractivity contribution in [2.75, 3.05) is 26.2 Å². The lowest BCUT2D eigenvalue weighted by atomic mass is 9.86. The summed E-state index contributed by atoms with van der Waals surface area (Å²) in [6.45, 7) is 10.5. The van der Waals surface area contributed by atoms with E-state index in [9.17, 15) is 24.3 Å². The highest BCUT2D eigenvalue weighted by molar-refractivity contribution is 5.90. The van der Waals surface area contributed by atoms with Crippen molar-refractivity contribution in [3.05, 3.63) is 56.9 Å². The third-order valence-electron chi connectivity index (χ3n) is 8.53. The summed E-state index contributed by atoms with van der Waals surface area (Å²) >= 11 is 0. The first-order valence-electron chi connectivity index (χ1n) is 14.9. The molecule has 1 saturated heterocycles. The molecule has 1 N–H and O–H groups in total. The van der Waals surface area contributed by atoms with Crippen LogP contribution in [-0.4, -0.2) is 74.4 Å². The van der Waals surface area contributed by atoms with E-state index in [0.717, 1.165) is 16.5 Å². The van der Waals surface area contributed by atoms with Gasteiger partial charge < -0.3 is 33.7 Å². The highest BCUT2D eigenvalue weighted by atomic mass is 16.6. The number of aliphatic hydroxyl groups is 1. The van der Waals surface area contributed by atoms with Gasteiger partial charge >= 0.3 is 18.2 Å². The molecule has 6 rings (SSSR count). The second-order valence-corrected chi connectivity index (χ2v) is 12.4. The van der Waals surface area contributed by atoms with Crippen LogP contribution < -0.4 is 10.3 Å². The predicted molar refractivity (Wildman–Crippen MR) is 159 cm³/mol. The van der Waals surface area contributed by atoms with Crippen molar-refractivity contribution in [1.29, 1.82) is 0 Å². The van der Waals surface area contributed by atoms with Gasteiger partial charge in [0.1, 0.15) is 18.0 Å². The number of hydrogen-bond donors (Lipinski definition) is 1. The van der Waals surface area contributed by atoms with Gasteiger partial charge in [-0.1, -0.05) is 13.8 Å². The van der Waals surface area contributed by atoms with Crippen molar-refractivity contribution in [2.24, 2.45) is 0 Å². The maximum Gasteiger partial charge on any atom is 0.415 e. The van der Waals surface area contributed by atoms with E-state index in [1.165, 1.54) is 0 Å². The number of aromatic nitrogens is 2. The van der Waals surface area contributed by atoms with Crippen LogP contribution in [0.1, 0.15) is 63.3 Å². The molecule has 0 aliphatic carbocycles. The molecule has 0 radical (unpaired) electrons. The van der Waals surface area contributed by atoms with Crippen LogP contribution in [0, 0.1) is 0 Å². The highest BCUT2D eigenvalue weighted by Crippen LogP contribution is 2.40. The number of pyridine rings is 2. The number of benzene rings is 1. The fraction of sp³-hybridized carbons (Fsp3) is 0.469. The lowest BCUT2D eigenvalue weighted by Gasteiger charge is -2.35. The molecule has 1 aromatic carbocycles. The van der Waals surface area contributed by atoms with Crippen molar-refractivity contribution in [1.82, 2.24) is 19.4 Å². The van der Waals surface area contributed by atoms with Crippen molar-refractivity contribution in [3.63, 3.8) is 0 Å². The molecule has 1 unspecified atom stereocenters. The van der Waals surface area contributed by atoms with Crippen LogP contribution in [0.4, 0.5) is 9.59 Å². The number of nitrogens with zero attached hydrogens (tertiary/aromatic N) is 4. The summed E-state index contributed by atoms with van der Waals surface area (Å²) in [6, 6.07) is 6.94. The molecule has 44 heavy (non-hydrogen) atoms. The first-order chi connectivity index (χ1) is 20.8. The van der Waals surface area contributed by atoms with E-state index in [1.54, 1.807) is 45.6 Å². The molecule has 1 atom stereocenters. The summed E-state index contributed by atoms with van der Waals surface area (Å²) in [5, 5.41) is 11.9. The molecule has 5 heterocycles. The molecule has 3 aliphatic rings. The van der Waals surface area contributed by atoms with Crippen LogP contribution in [-0.2, 0) is 39.4 Å². The second kappa shape index (κ2) is 10.6. The molecule has 0 saturated carbocycles.